The fourth-order valence-electron chi connectivity index (χ4n) is 2.19. The highest BCUT2D eigenvalue weighted by Gasteiger charge is 2.32. The van der Waals surface area contributed by atoms with Gasteiger partial charge in [-0.2, -0.15) is 0 Å². The summed E-state index contributed by atoms with van der Waals surface area (Å²) in [4.78, 5) is 25.9. The molecule has 2 amide bonds. The van der Waals surface area contributed by atoms with Crippen molar-refractivity contribution in [3.8, 4) is 0 Å². The molecule has 108 valence electrons. The Morgan fingerprint density at radius 1 is 1.30 bits per heavy atom. The zero-order valence-corrected chi connectivity index (χ0v) is 12.5. The van der Waals surface area contributed by atoms with E-state index in [-0.39, 0.29) is 11.8 Å². The lowest BCUT2D eigenvalue weighted by Gasteiger charge is -2.35. The van der Waals surface area contributed by atoms with E-state index in [9.17, 15) is 9.59 Å². The molecule has 0 radical (unpaired) electrons. The minimum absolute atomic E-state index is 0.196. The zero-order valence-electron chi connectivity index (χ0n) is 11.0. The summed E-state index contributed by atoms with van der Waals surface area (Å²) in [5, 5.41) is 6.46. The maximum Gasteiger partial charge on any atom is 0.254 e. The molecule has 1 heterocycles. The average Bonchev–Trinajstić information content (AvgIpc) is 2.44. The maximum atomic E-state index is 12.5. The maximum absolute atomic E-state index is 12.5. The van der Waals surface area contributed by atoms with Gasteiger partial charge in [0.25, 0.3) is 5.91 Å². The first-order chi connectivity index (χ1) is 9.52. The number of likely N-dealkylation sites (N-methyl/N-ethyl adjacent to an activating group) is 1. The highest BCUT2D eigenvalue weighted by Crippen LogP contribution is 2.21. The number of rotatable bonds is 2. The molecule has 1 atom stereocenters. The molecular weight excluding hydrogens is 301 g/mol. The van der Waals surface area contributed by atoms with Crippen LogP contribution < -0.4 is 10.6 Å². The lowest BCUT2D eigenvalue weighted by atomic mass is 10.1. The summed E-state index contributed by atoms with van der Waals surface area (Å²) >= 11 is 11.8. The van der Waals surface area contributed by atoms with Gasteiger partial charge in [-0.05, 0) is 18.2 Å². The van der Waals surface area contributed by atoms with E-state index in [0.717, 1.165) is 0 Å². The van der Waals surface area contributed by atoms with Crippen molar-refractivity contribution in [1.82, 2.24) is 15.5 Å². The normalized spacial score (nSPS) is 18.8. The van der Waals surface area contributed by atoms with Crippen LogP contribution in [0.1, 0.15) is 10.4 Å². The predicted molar refractivity (Wildman–Crippen MR) is 78.2 cm³/mol. The Morgan fingerprint density at radius 2 is 1.95 bits per heavy atom. The molecule has 2 N–H and O–H groups in total. The van der Waals surface area contributed by atoms with Crippen LogP contribution in [0.15, 0.2) is 18.2 Å². The Hall–Kier alpha value is -1.30. The lowest BCUT2D eigenvalue weighted by molar-refractivity contribution is -0.125. The van der Waals surface area contributed by atoms with Crippen molar-refractivity contribution < 1.29 is 9.59 Å². The van der Waals surface area contributed by atoms with Crippen LogP contribution in [0, 0.1) is 0 Å². The number of carbonyl (C=O) groups excluding carboxylic acids is 2. The summed E-state index contributed by atoms with van der Waals surface area (Å²) in [5.74, 6) is -0.442. The molecule has 7 heteroatoms. The van der Waals surface area contributed by atoms with Gasteiger partial charge in [-0.1, -0.05) is 23.2 Å². The van der Waals surface area contributed by atoms with Crippen LogP contribution in [0.2, 0.25) is 10.0 Å². The number of hydrogen-bond donors (Lipinski definition) is 2. The van der Waals surface area contributed by atoms with Gasteiger partial charge in [0, 0.05) is 42.3 Å². The van der Waals surface area contributed by atoms with Crippen LogP contribution in [0.4, 0.5) is 0 Å². The predicted octanol–water partition coefficient (Wildman–Crippen LogP) is 1.15. The monoisotopic (exact) mass is 315 g/mol. The number of carbonyl (C=O) groups is 2. The number of benzene rings is 1. The van der Waals surface area contributed by atoms with E-state index in [1.807, 2.05) is 0 Å². The van der Waals surface area contributed by atoms with Gasteiger partial charge in [-0.3, -0.25) is 9.59 Å². The highest BCUT2D eigenvalue weighted by molar-refractivity contribution is 6.35. The highest BCUT2D eigenvalue weighted by atomic mass is 35.5. The first-order valence-corrected chi connectivity index (χ1v) is 6.98. The largest absolute Gasteiger partial charge is 0.357 e. The van der Waals surface area contributed by atoms with Gasteiger partial charge in [0.15, 0.2) is 0 Å². The molecule has 1 saturated heterocycles. The van der Waals surface area contributed by atoms with Crippen LogP contribution >= 0.6 is 23.2 Å². The van der Waals surface area contributed by atoms with E-state index in [1.165, 1.54) is 4.90 Å². The molecule has 1 aromatic carbocycles. The van der Waals surface area contributed by atoms with Gasteiger partial charge in [0.05, 0.1) is 0 Å². The fourth-order valence-corrected chi connectivity index (χ4v) is 2.72. The summed E-state index contributed by atoms with van der Waals surface area (Å²) in [6, 6.07) is 4.14. The first-order valence-electron chi connectivity index (χ1n) is 6.22. The molecular formula is C13H15Cl2N3O2. The molecule has 20 heavy (non-hydrogen) atoms. The molecule has 1 aliphatic rings. The standard InChI is InChI=1S/C13H15Cl2N3O2/c1-16-12(19)11-7-17-2-3-18(11)13(20)8-4-9(14)6-10(15)5-8/h4-6,11,17H,2-3,7H2,1H3,(H,16,19). The lowest BCUT2D eigenvalue weighted by Crippen LogP contribution is -2.59. The van der Waals surface area contributed by atoms with Crippen molar-refractivity contribution in [2.45, 2.75) is 6.04 Å². The molecule has 1 unspecified atom stereocenters. The van der Waals surface area contributed by atoms with Gasteiger partial charge in [0.2, 0.25) is 5.91 Å². The summed E-state index contributed by atoms with van der Waals surface area (Å²) in [5.41, 5.74) is 0.387. The summed E-state index contributed by atoms with van der Waals surface area (Å²) in [6.45, 7) is 1.54. The van der Waals surface area contributed by atoms with Gasteiger partial charge < -0.3 is 15.5 Å². The van der Waals surface area contributed by atoms with Gasteiger partial charge >= 0.3 is 0 Å². The molecule has 1 fully saturated rings. The second kappa shape index (κ2) is 6.43. The van der Waals surface area contributed by atoms with E-state index in [0.29, 0.717) is 35.2 Å². The van der Waals surface area contributed by atoms with E-state index >= 15 is 0 Å². The second-order valence-corrected chi connectivity index (χ2v) is 5.36. The van der Waals surface area contributed by atoms with Crippen molar-refractivity contribution in [2.24, 2.45) is 0 Å². The minimum atomic E-state index is -0.529. The van der Waals surface area contributed by atoms with Crippen LogP contribution in [-0.4, -0.2) is 49.4 Å². The summed E-state index contributed by atoms with van der Waals surface area (Å²) < 4.78 is 0. The molecule has 1 aliphatic heterocycles. The molecule has 0 bridgehead atoms. The number of amides is 2. The molecule has 2 rings (SSSR count). The van der Waals surface area contributed by atoms with Crippen LogP contribution in [0.5, 0.6) is 0 Å². The Labute approximate surface area is 127 Å². The van der Waals surface area contributed by atoms with Crippen molar-refractivity contribution in [2.75, 3.05) is 26.7 Å². The smallest absolute Gasteiger partial charge is 0.254 e. The van der Waals surface area contributed by atoms with Crippen LogP contribution in [0.3, 0.4) is 0 Å². The van der Waals surface area contributed by atoms with Crippen LogP contribution in [-0.2, 0) is 4.79 Å². The van der Waals surface area contributed by atoms with E-state index in [4.69, 9.17) is 23.2 Å². The number of piperazine rings is 1. The number of nitrogens with one attached hydrogen (secondary N) is 2. The van der Waals surface area contributed by atoms with Crippen molar-refractivity contribution in [1.29, 1.82) is 0 Å². The second-order valence-electron chi connectivity index (χ2n) is 4.49. The topological polar surface area (TPSA) is 61.4 Å². The third-order valence-electron chi connectivity index (χ3n) is 3.16. The summed E-state index contributed by atoms with van der Waals surface area (Å²) in [7, 11) is 1.55. The molecule has 1 aromatic rings. The van der Waals surface area contributed by atoms with Crippen molar-refractivity contribution in [3.63, 3.8) is 0 Å². The molecule has 0 aromatic heterocycles. The Bertz CT molecular complexity index is 516. The Balaban J connectivity index is 2.27. The van der Waals surface area contributed by atoms with E-state index in [2.05, 4.69) is 10.6 Å². The number of nitrogens with zero attached hydrogens (tertiary/aromatic N) is 1. The van der Waals surface area contributed by atoms with Crippen molar-refractivity contribution >= 4 is 35.0 Å². The van der Waals surface area contributed by atoms with E-state index in [1.54, 1.807) is 25.2 Å². The number of hydrogen-bond acceptors (Lipinski definition) is 3. The third-order valence-corrected chi connectivity index (χ3v) is 3.60. The minimum Gasteiger partial charge on any atom is -0.357 e. The third kappa shape index (κ3) is 3.23. The molecule has 5 nitrogen and oxygen atoms in total. The zero-order chi connectivity index (χ0) is 14.7. The van der Waals surface area contributed by atoms with E-state index < -0.39 is 6.04 Å². The average molecular weight is 316 g/mol. The van der Waals surface area contributed by atoms with Gasteiger partial charge in [-0.25, -0.2) is 0 Å². The summed E-state index contributed by atoms with van der Waals surface area (Å²) in [6.07, 6.45) is 0. The van der Waals surface area contributed by atoms with Gasteiger partial charge in [0.1, 0.15) is 6.04 Å². The first kappa shape index (κ1) is 15.1. The van der Waals surface area contributed by atoms with Crippen LogP contribution in [0.25, 0.3) is 0 Å². The Kier molecular flexibility index (Phi) is 4.86. The quantitative estimate of drug-likeness (QED) is 0.860. The molecule has 0 saturated carbocycles. The Morgan fingerprint density at radius 3 is 2.55 bits per heavy atom. The number of halogens is 2. The van der Waals surface area contributed by atoms with Crippen molar-refractivity contribution in [3.05, 3.63) is 33.8 Å². The fraction of sp³-hybridized carbons (Fsp3) is 0.385. The molecule has 0 aliphatic carbocycles. The molecule has 0 spiro atoms. The van der Waals surface area contributed by atoms with Gasteiger partial charge in [-0.15, -0.1) is 0 Å². The SMILES string of the molecule is CNC(=O)C1CNCCN1C(=O)c1cc(Cl)cc(Cl)c1.